The average molecular weight is 895 g/mol. The lowest BCUT2D eigenvalue weighted by Crippen LogP contribution is -2.81. The number of carbonyl (C=O) groups excluding carboxylic acids is 6. The Balaban J connectivity index is 1.41. The zero-order valence-electron chi connectivity index (χ0n) is 36.1. The van der Waals surface area contributed by atoms with Gasteiger partial charge in [-0.3, -0.25) is 19.2 Å². The molecule has 2 bridgehead atoms. The molecule has 3 aromatic rings. The lowest BCUT2D eigenvalue weighted by atomic mass is 9.45. The van der Waals surface area contributed by atoms with Crippen molar-refractivity contribution in [3.05, 3.63) is 119 Å². The van der Waals surface area contributed by atoms with Gasteiger partial charge in [-0.15, -0.1) is 0 Å². The Hall–Kier alpha value is -5.86. The van der Waals surface area contributed by atoms with Gasteiger partial charge in [0.2, 0.25) is 0 Å². The number of benzene rings is 3. The fraction of sp³-hybridized carbons (Fsp3) is 0.438. The van der Waals surface area contributed by atoms with Gasteiger partial charge in [0.25, 0.3) is 5.91 Å². The summed E-state index contributed by atoms with van der Waals surface area (Å²) in [5.74, 6) is -6.59. The Labute approximate surface area is 374 Å². The SMILES string of the molecule is CC(=O)OC1C(=O)[C@]2(C)C(SC#N)CC3OCC3(OC(C)=O)C2C(OC(=O)c2ccccc2)C2(O)CC(OC(=O)C(O)C(NC(=O)c3ccccc3)c3ccccc3)C(C)=C1C2(C)C. The summed E-state index contributed by atoms with van der Waals surface area (Å²) in [5.41, 5.74) is -6.70. The largest absolute Gasteiger partial charge is 0.456 e. The summed E-state index contributed by atoms with van der Waals surface area (Å²) < 4.78 is 30.7. The van der Waals surface area contributed by atoms with E-state index in [0.717, 1.165) is 18.7 Å². The first-order valence-electron chi connectivity index (χ1n) is 20.9. The number of fused-ring (bicyclic) bond motifs is 5. The van der Waals surface area contributed by atoms with E-state index in [9.17, 15) is 39.4 Å². The molecule has 1 aliphatic heterocycles. The molecule has 15 nitrogen and oxygen atoms in total. The number of ketones is 1. The molecule has 1 saturated heterocycles. The first-order valence-corrected chi connectivity index (χ1v) is 21.8. The van der Waals surface area contributed by atoms with E-state index < -0.39 is 112 Å². The fourth-order valence-electron chi connectivity index (χ4n) is 10.4. The van der Waals surface area contributed by atoms with Crippen molar-refractivity contribution in [3.8, 4) is 5.40 Å². The van der Waals surface area contributed by atoms with Gasteiger partial charge in [0, 0.05) is 36.5 Å². The van der Waals surface area contributed by atoms with Crippen molar-refractivity contribution in [3.63, 3.8) is 0 Å². The number of thiocyanates is 1. The number of rotatable bonds is 11. The molecular weight excluding hydrogens is 845 g/mol. The number of hydrogen-bond acceptors (Lipinski definition) is 15. The normalized spacial score (nSPS) is 31.1. The van der Waals surface area contributed by atoms with Crippen LogP contribution in [0.2, 0.25) is 0 Å². The summed E-state index contributed by atoms with van der Waals surface area (Å²) >= 11 is 0.754. The maximum atomic E-state index is 15.8. The van der Waals surface area contributed by atoms with Gasteiger partial charge in [0.15, 0.2) is 23.6 Å². The molecule has 0 radical (unpaired) electrons. The number of carbonyl (C=O) groups is 6. The van der Waals surface area contributed by atoms with Crippen molar-refractivity contribution in [2.75, 3.05) is 6.61 Å². The molecule has 3 fully saturated rings. The van der Waals surface area contributed by atoms with E-state index in [4.69, 9.17) is 23.7 Å². The predicted octanol–water partition coefficient (Wildman–Crippen LogP) is 4.96. The van der Waals surface area contributed by atoms with Gasteiger partial charge >= 0.3 is 23.9 Å². The molecule has 0 aromatic heterocycles. The summed E-state index contributed by atoms with van der Waals surface area (Å²) in [7, 11) is 0. The van der Waals surface area contributed by atoms with Gasteiger partial charge in [-0.25, -0.2) is 9.59 Å². The highest BCUT2D eigenvalue weighted by Crippen LogP contribution is 2.66. The number of thioether (sulfide) groups is 1. The molecule has 16 heteroatoms. The van der Waals surface area contributed by atoms with Crippen molar-refractivity contribution in [2.24, 2.45) is 16.7 Å². The van der Waals surface area contributed by atoms with Gasteiger partial charge in [0.05, 0.1) is 29.5 Å². The minimum absolute atomic E-state index is 0.0117. The number of nitriles is 1. The standard InChI is InChI=1S/C48H50N2O13S/c1-26-32(61-44(57)37(53)36(29-16-10-7-11-17-29)50-42(55)30-18-12-8-13-19-30)23-48(58)41(62-43(56)31-20-14-9-15-21-31)39-46(6,40(54)38(60-27(2)51)35(26)45(48,4)5)34(64-25-49)22-33-47(39,24-59-33)63-28(3)52/h7-21,32-34,36-39,41,53,58H,22-24H2,1-6H3,(H,50,55)/t32?,33?,34?,36?,37?,38?,39?,41?,46-,47?,48?/m1/s1. The number of aliphatic hydroxyl groups excluding tert-OH is 1. The zero-order chi connectivity index (χ0) is 46.4. The molecule has 336 valence electrons. The number of esters is 4. The molecule has 0 spiro atoms. The molecule has 4 aliphatic rings. The molecule has 11 atom stereocenters. The number of amides is 1. The third-order valence-corrected chi connectivity index (χ3v) is 14.7. The maximum Gasteiger partial charge on any atom is 0.338 e. The molecule has 2 saturated carbocycles. The predicted molar refractivity (Wildman–Crippen MR) is 229 cm³/mol. The van der Waals surface area contributed by atoms with Crippen LogP contribution in [0.25, 0.3) is 0 Å². The number of ether oxygens (including phenoxy) is 5. The minimum Gasteiger partial charge on any atom is -0.456 e. The zero-order valence-corrected chi connectivity index (χ0v) is 37.0. The summed E-state index contributed by atoms with van der Waals surface area (Å²) in [6.07, 6.45) is -8.54. The minimum atomic E-state index is -2.37. The Morgan fingerprint density at radius 2 is 1.47 bits per heavy atom. The Kier molecular flexibility index (Phi) is 12.7. The molecule has 64 heavy (non-hydrogen) atoms. The molecule has 3 N–H and O–H groups in total. The first kappa shape index (κ1) is 46.1. The van der Waals surface area contributed by atoms with Gasteiger partial charge in [-0.1, -0.05) is 87.5 Å². The quantitative estimate of drug-likeness (QED) is 0.100. The number of hydrogen-bond donors (Lipinski definition) is 3. The van der Waals surface area contributed by atoms with Crippen LogP contribution in [0, 0.1) is 27.4 Å². The summed E-state index contributed by atoms with van der Waals surface area (Å²) in [6.45, 7) is 8.22. The van der Waals surface area contributed by atoms with E-state index in [-0.39, 0.29) is 35.3 Å². The third kappa shape index (κ3) is 7.78. The lowest BCUT2D eigenvalue weighted by molar-refractivity contribution is -0.331. The number of Topliss-reactive ketones (excluding diaryl/α,β-unsaturated/α-hetero) is 1. The highest BCUT2D eigenvalue weighted by Gasteiger charge is 2.78. The van der Waals surface area contributed by atoms with Crippen molar-refractivity contribution < 1.29 is 62.7 Å². The summed E-state index contributed by atoms with van der Waals surface area (Å²) in [6, 6.07) is 23.0. The van der Waals surface area contributed by atoms with Crippen LogP contribution in [0.3, 0.4) is 0 Å². The molecule has 3 aliphatic carbocycles. The molecular formula is C48H50N2O13S. The fourth-order valence-corrected chi connectivity index (χ4v) is 11.3. The van der Waals surface area contributed by atoms with Gasteiger partial charge in [0.1, 0.15) is 29.3 Å². The van der Waals surface area contributed by atoms with E-state index in [1.165, 1.54) is 26.0 Å². The van der Waals surface area contributed by atoms with E-state index >= 15 is 4.79 Å². The van der Waals surface area contributed by atoms with Crippen molar-refractivity contribution in [1.29, 1.82) is 5.26 Å². The van der Waals surface area contributed by atoms with Crippen LogP contribution in [-0.4, -0.2) is 99.4 Å². The van der Waals surface area contributed by atoms with E-state index in [1.54, 1.807) is 99.6 Å². The van der Waals surface area contributed by atoms with Crippen LogP contribution in [0.5, 0.6) is 0 Å². The number of nitrogens with zero attached hydrogens (tertiary/aromatic N) is 1. The van der Waals surface area contributed by atoms with E-state index in [0.29, 0.717) is 5.56 Å². The molecule has 1 heterocycles. The van der Waals surface area contributed by atoms with Crippen LogP contribution < -0.4 is 5.32 Å². The van der Waals surface area contributed by atoms with Crippen LogP contribution >= 0.6 is 11.8 Å². The topological polar surface area (TPSA) is 225 Å². The third-order valence-electron chi connectivity index (χ3n) is 13.6. The Bertz CT molecular complexity index is 2410. The molecule has 1 amide bonds. The molecule has 7 rings (SSSR count). The van der Waals surface area contributed by atoms with E-state index in [1.807, 2.05) is 0 Å². The van der Waals surface area contributed by atoms with Gasteiger partial charge in [-0.2, -0.15) is 5.26 Å². The number of aliphatic hydroxyl groups is 2. The molecule has 3 aromatic carbocycles. The summed E-state index contributed by atoms with van der Waals surface area (Å²) in [5, 5.41) is 39.7. The smallest absolute Gasteiger partial charge is 0.338 e. The second-order valence-corrected chi connectivity index (χ2v) is 18.5. The highest BCUT2D eigenvalue weighted by atomic mass is 32.2. The van der Waals surface area contributed by atoms with Crippen molar-refractivity contribution in [1.82, 2.24) is 5.32 Å². The molecule has 10 unspecified atom stereocenters. The van der Waals surface area contributed by atoms with Crippen molar-refractivity contribution in [2.45, 2.75) is 107 Å². The van der Waals surface area contributed by atoms with Crippen LogP contribution in [0.15, 0.2) is 102 Å². The maximum absolute atomic E-state index is 15.8. The van der Waals surface area contributed by atoms with Gasteiger partial charge < -0.3 is 39.2 Å². The monoisotopic (exact) mass is 894 g/mol. The van der Waals surface area contributed by atoms with Crippen LogP contribution in [0.1, 0.15) is 86.7 Å². The second kappa shape index (κ2) is 17.6. The second-order valence-electron chi connectivity index (χ2n) is 17.5. The average Bonchev–Trinajstić information content (AvgIpc) is 3.26. The van der Waals surface area contributed by atoms with Gasteiger partial charge in [-0.05, 0) is 66.1 Å². The number of nitrogens with one attached hydrogen (secondary N) is 1. The Morgan fingerprint density at radius 1 is 0.875 bits per heavy atom. The first-order chi connectivity index (χ1) is 30.3. The van der Waals surface area contributed by atoms with E-state index in [2.05, 4.69) is 10.7 Å². The van der Waals surface area contributed by atoms with Crippen LogP contribution in [-0.2, 0) is 42.9 Å². The Morgan fingerprint density at radius 3 is 2.02 bits per heavy atom. The lowest BCUT2D eigenvalue weighted by Gasteiger charge is -2.67. The van der Waals surface area contributed by atoms with Crippen molar-refractivity contribution >= 4 is 47.3 Å². The van der Waals surface area contributed by atoms with Crippen LogP contribution in [0.4, 0.5) is 0 Å². The summed E-state index contributed by atoms with van der Waals surface area (Å²) in [4.78, 5) is 84.3. The highest BCUT2D eigenvalue weighted by molar-refractivity contribution is 8.04.